The molecule has 0 fully saturated rings. The SMILES string of the molecule is C=CCN(Cc1nc(N)nc(N)n1)S(=O)(=O)c1cccc(C(F)(F)F)c1. The van der Waals surface area contributed by atoms with Gasteiger partial charge in [0.25, 0.3) is 0 Å². The molecule has 8 nitrogen and oxygen atoms in total. The van der Waals surface area contributed by atoms with Crippen LogP contribution in [0.3, 0.4) is 0 Å². The zero-order valence-corrected chi connectivity index (χ0v) is 14.1. The van der Waals surface area contributed by atoms with Crippen molar-refractivity contribution < 1.29 is 21.6 Å². The van der Waals surface area contributed by atoms with Crippen LogP contribution >= 0.6 is 0 Å². The molecule has 1 aromatic heterocycles. The van der Waals surface area contributed by atoms with Crippen molar-refractivity contribution in [3.8, 4) is 0 Å². The first kappa shape index (κ1) is 19.6. The maximum absolute atomic E-state index is 12.9. The molecule has 0 aliphatic carbocycles. The third-order valence-electron chi connectivity index (χ3n) is 3.17. The number of nitrogens with two attached hydrogens (primary N) is 2. The number of alkyl halides is 3. The fraction of sp³-hybridized carbons (Fsp3) is 0.214. The van der Waals surface area contributed by atoms with Crippen molar-refractivity contribution in [1.29, 1.82) is 0 Å². The number of aromatic nitrogens is 3. The molecule has 0 saturated heterocycles. The first-order valence-electron chi connectivity index (χ1n) is 7.08. The van der Waals surface area contributed by atoms with Crippen LogP contribution in [0.5, 0.6) is 0 Å². The molecule has 0 bridgehead atoms. The maximum Gasteiger partial charge on any atom is 0.416 e. The van der Waals surface area contributed by atoms with E-state index in [0.717, 1.165) is 22.5 Å². The van der Waals surface area contributed by atoms with E-state index in [-0.39, 0.29) is 30.8 Å². The van der Waals surface area contributed by atoms with E-state index in [1.807, 2.05) is 0 Å². The first-order valence-corrected chi connectivity index (χ1v) is 8.52. The number of sulfonamides is 1. The van der Waals surface area contributed by atoms with E-state index in [0.29, 0.717) is 6.07 Å². The van der Waals surface area contributed by atoms with Crippen LogP contribution in [-0.2, 0) is 22.7 Å². The molecule has 4 N–H and O–H groups in total. The van der Waals surface area contributed by atoms with Gasteiger partial charge in [0.2, 0.25) is 21.9 Å². The third kappa shape index (κ3) is 4.46. The van der Waals surface area contributed by atoms with Gasteiger partial charge in [0.05, 0.1) is 17.0 Å². The molecular weight excluding hydrogens is 373 g/mol. The summed E-state index contributed by atoms with van der Waals surface area (Å²) in [5.74, 6) is -0.461. The summed E-state index contributed by atoms with van der Waals surface area (Å²) in [6.07, 6.45) is -3.40. The van der Waals surface area contributed by atoms with Crippen LogP contribution in [0.15, 0.2) is 41.8 Å². The molecule has 0 amide bonds. The lowest BCUT2D eigenvalue weighted by Gasteiger charge is -2.20. The Hall–Kier alpha value is -2.73. The Kier molecular flexibility index (Phi) is 5.47. The minimum absolute atomic E-state index is 0.0487. The number of hydrogen-bond donors (Lipinski definition) is 2. The second-order valence-corrected chi connectivity index (χ2v) is 7.02. The van der Waals surface area contributed by atoms with Crippen LogP contribution in [-0.4, -0.2) is 34.2 Å². The highest BCUT2D eigenvalue weighted by molar-refractivity contribution is 7.89. The summed E-state index contributed by atoms with van der Waals surface area (Å²) < 4.78 is 64.9. The Bertz CT molecular complexity index is 897. The largest absolute Gasteiger partial charge is 0.416 e. The summed E-state index contributed by atoms with van der Waals surface area (Å²) in [5.41, 5.74) is 9.81. The molecule has 0 saturated carbocycles. The Morgan fingerprint density at radius 1 is 1.15 bits per heavy atom. The van der Waals surface area contributed by atoms with Crippen LogP contribution in [0.25, 0.3) is 0 Å². The van der Waals surface area contributed by atoms with Crippen LogP contribution in [0, 0.1) is 0 Å². The number of rotatable bonds is 6. The zero-order valence-electron chi connectivity index (χ0n) is 13.3. The number of hydrogen-bond acceptors (Lipinski definition) is 7. The highest BCUT2D eigenvalue weighted by Gasteiger charge is 2.33. The summed E-state index contributed by atoms with van der Waals surface area (Å²) in [6, 6.07) is 3.42. The molecular formula is C14H15F3N6O2S. The lowest BCUT2D eigenvalue weighted by Crippen LogP contribution is -2.32. The summed E-state index contributed by atoms with van der Waals surface area (Å²) >= 11 is 0. The number of anilines is 2. The van der Waals surface area contributed by atoms with Gasteiger partial charge >= 0.3 is 6.18 Å². The predicted molar refractivity (Wildman–Crippen MR) is 87.9 cm³/mol. The van der Waals surface area contributed by atoms with Gasteiger partial charge in [-0.05, 0) is 18.2 Å². The normalized spacial score (nSPS) is 12.3. The number of nitrogen functional groups attached to an aromatic ring is 2. The lowest BCUT2D eigenvalue weighted by atomic mass is 10.2. The monoisotopic (exact) mass is 388 g/mol. The lowest BCUT2D eigenvalue weighted by molar-refractivity contribution is -0.137. The topological polar surface area (TPSA) is 128 Å². The van der Waals surface area contributed by atoms with Gasteiger partial charge in [0, 0.05) is 6.54 Å². The van der Waals surface area contributed by atoms with Gasteiger partial charge in [-0.2, -0.15) is 32.4 Å². The van der Waals surface area contributed by atoms with E-state index in [9.17, 15) is 21.6 Å². The second-order valence-electron chi connectivity index (χ2n) is 5.08. The van der Waals surface area contributed by atoms with Crippen molar-refractivity contribution in [3.05, 3.63) is 48.3 Å². The Morgan fingerprint density at radius 3 is 2.31 bits per heavy atom. The Balaban J connectivity index is 2.43. The smallest absolute Gasteiger partial charge is 0.368 e. The summed E-state index contributed by atoms with van der Waals surface area (Å²) in [6.45, 7) is 2.89. The standard InChI is InChI=1S/C14H15F3N6O2S/c1-2-6-23(8-11-20-12(18)22-13(19)21-11)26(24,25)10-5-3-4-9(7-10)14(15,16)17/h2-5,7H,1,6,8H2,(H4,18,19,20,21,22). The van der Waals surface area contributed by atoms with Crippen molar-refractivity contribution in [2.24, 2.45) is 0 Å². The van der Waals surface area contributed by atoms with Gasteiger partial charge in [-0.3, -0.25) is 0 Å². The molecule has 26 heavy (non-hydrogen) atoms. The third-order valence-corrected chi connectivity index (χ3v) is 4.97. The molecule has 0 aliphatic heterocycles. The average Bonchev–Trinajstić information content (AvgIpc) is 2.53. The number of benzene rings is 1. The zero-order chi connectivity index (χ0) is 19.5. The molecule has 0 unspecified atom stereocenters. The minimum Gasteiger partial charge on any atom is -0.368 e. The van der Waals surface area contributed by atoms with Gasteiger partial charge in [-0.25, -0.2) is 8.42 Å². The van der Waals surface area contributed by atoms with Crippen LogP contribution in [0.2, 0.25) is 0 Å². The second kappa shape index (κ2) is 7.25. The number of nitrogens with zero attached hydrogens (tertiary/aromatic N) is 4. The molecule has 140 valence electrons. The van der Waals surface area contributed by atoms with Crippen molar-refractivity contribution in [3.63, 3.8) is 0 Å². The fourth-order valence-electron chi connectivity index (χ4n) is 2.06. The van der Waals surface area contributed by atoms with Crippen molar-refractivity contribution >= 4 is 21.9 Å². The molecule has 1 aromatic carbocycles. The predicted octanol–water partition coefficient (Wildman–Crippen LogP) is 1.43. The number of halogens is 3. The molecule has 2 aromatic rings. The van der Waals surface area contributed by atoms with Crippen molar-refractivity contribution in [1.82, 2.24) is 19.3 Å². The van der Waals surface area contributed by atoms with E-state index in [1.165, 1.54) is 6.08 Å². The van der Waals surface area contributed by atoms with E-state index in [4.69, 9.17) is 11.5 Å². The summed E-state index contributed by atoms with van der Waals surface area (Å²) in [4.78, 5) is 10.6. The van der Waals surface area contributed by atoms with Gasteiger partial charge in [-0.15, -0.1) is 6.58 Å². The van der Waals surface area contributed by atoms with Crippen LogP contribution < -0.4 is 11.5 Å². The quantitative estimate of drug-likeness (QED) is 0.717. The molecule has 0 radical (unpaired) electrons. The van der Waals surface area contributed by atoms with Gasteiger partial charge in [0.15, 0.2) is 5.82 Å². The Morgan fingerprint density at radius 2 is 1.77 bits per heavy atom. The van der Waals surface area contributed by atoms with E-state index >= 15 is 0 Å². The highest BCUT2D eigenvalue weighted by atomic mass is 32.2. The average molecular weight is 388 g/mol. The summed E-state index contributed by atoms with van der Waals surface area (Å²) in [7, 11) is -4.29. The molecule has 0 spiro atoms. The molecule has 2 rings (SSSR count). The van der Waals surface area contributed by atoms with Gasteiger partial charge in [-0.1, -0.05) is 12.1 Å². The molecule has 0 aliphatic rings. The van der Waals surface area contributed by atoms with Gasteiger partial charge in [0.1, 0.15) is 0 Å². The van der Waals surface area contributed by atoms with E-state index in [2.05, 4.69) is 21.5 Å². The maximum atomic E-state index is 12.9. The highest BCUT2D eigenvalue weighted by Crippen LogP contribution is 2.31. The van der Waals surface area contributed by atoms with Crippen LogP contribution in [0.4, 0.5) is 25.1 Å². The molecule has 0 atom stereocenters. The van der Waals surface area contributed by atoms with Crippen LogP contribution in [0.1, 0.15) is 11.4 Å². The van der Waals surface area contributed by atoms with Gasteiger partial charge < -0.3 is 11.5 Å². The van der Waals surface area contributed by atoms with Crippen molar-refractivity contribution in [2.75, 3.05) is 18.0 Å². The summed E-state index contributed by atoms with van der Waals surface area (Å²) in [5, 5.41) is 0. The van der Waals surface area contributed by atoms with E-state index < -0.39 is 26.7 Å². The van der Waals surface area contributed by atoms with E-state index in [1.54, 1.807) is 0 Å². The van der Waals surface area contributed by atoms with Crippen molar-refractivity contribution in [2.45, 2.75) is 17.6 Å². The Labute approximate surface area is 147 Å². The first-order chi connectivity index (χ1) is 12.0. The molecule has 12 heteroatoms. The minimum atomic E-state index is -4.67. The molecule has 1 heterocycles. The fourth-order valence-corrected chi connectivity index (χ4v) is 3.47.